The number of hydrogen-bond acceptors (Lipinski definition) is 5. The van der Waals surface area contributed by atoms with Gasteiger partial charge in [-0.3, -0.25) is 0 Å². The van der Waals surface area contributed by atoms with Crippen LogP contribution in [0.15, 0.2) is 29.6 Å². The molecule has 2 aromatic rings. The van der Waals surface area contributed by atoms with Crippen molar-refractivity contribution in [2.75, 3.05) is 10.6 Å². The van der Waals surface area contributed by atoms with E-state index in [4.69, 9.17) is 0 Å². The molecule has 0 aromatic carbocycles. The standard InChI is InChI=1S/C18H24F2N6/c1-3-7-13(20)15(11(2)19)24-18-23-14-10-21-17(25-16(14)26-18)22-12-8-5-4-6-9-12/h7,10,12H,3-6,8-9H2,1-2H3,(H3,21,22,23,24,25,26)/b13-7+,15-11-. The Labute approximate surface area is 151 Å². The minimum Gasteiger partial charge on any atom is -0.351 e. The number of imidazole rings is 1. The molecule has 1 fully saturated rings. The maximum atomic E-state index is 14.0. The van der Waals surface area contributed by atoms with Crippen molar-refractivity contribution >= 4 is 23.1 Å². The fourth-order valence-electron chi connectivity index (χ4n) is 3.08. The summed E-state index contributed by atoms with van der Waals surface area (Å²) < 4.78 is 27.7. The number of fused-ring (bicyclic) bond motifs is 1. The molecule has 140 valence electrons. The van der Waals surface area contributed by atoms with Gasteiger partial charge in [0.2, 0.25) is 11.9 Å². The Morgan fingerprint density at radius 1 is 1.27 bits per heavy atom. The van der Waals surface area contributed by atoms with E-state index in [2.05, 4.69) is 30.6 Å². The van der Waals surface area contributed by atoms with E-state index < -0.39 is 11.7 Å². The van der Waals surface area contributed by atoms with E-state index in [0.29, 0.717) is 29.6 Å². The summed E-state index contributed by atoms with van der Waals surface area (Å²) in [5.74, 6) is -0.565. The number of halogens is 2. The highest BCUT2D eigenvalue weighted by Crippen LogP contribution is 2.23. The molecule has 0 aliphatic heterocycles. The molecule has 6 nitrogen and oxygen atoms in total. The fourth-order valence-corrected chi connectivity index (χ4v) is 3.08. The Balaban J connectivity index is 1.78. The zero-order valence-corrected chi connectivity index (χ0v) is 15.1. The second-order valence-corrected chi connectivity index (χ2v) is 6.49. The van der Waals surface area contributed by atoms with Crippen LogP contribution in [0.2, 0.25) is 0 Å². The minimum atomic E-state index is -0.654. The Morgan fingerprint density at radius 3 is 2.73 bits per heavy atom. The van der Waals surface area contributed by atoms with Gasteiger partial charge in [0.15, 0.2) is 5.65 Å². The lowest BCUT2D eigenvalue weighted by Crippen LogP contribution is -2.23. The molecule has 1 aliphatic carbocycles. The van der Waals surface area contributed by atoms with Crippen LogP contribution in [0, 0.1) is 0 Å². The largest absolute Gasteiger partial charge is 0.351 e. The van der Waals surface area contributed by atoms with E-state index in [0.717, 1.165) is 12.8 Å². The summed E-state index contributed by atoms with van der Waals surface area (Å²) in [5.41, 5.74) is 0.799. The zero-order chi connectivity index (χ0) is 18.5. The van der Waals surface area contributed by atoms with Gasteiger partial charge in [0.25, 0.3) is 0 Å². The van der Waals surface area contributed by atoms with Crippen molar-refractivity contribution in [1.82, 2.24) is 19.9 Å². The summed E-state index contributed by atoms with van der Waals surface area (Å²) in [6, 6.07) is 0.384. The molecular formula is C18H24F2N6. The molecule has 26 heavy (non-hydrogen) atoms. The zero-order valence-electron chi connectivity index (χ0n) is 15.1. The molecule has 3 rings (SSSR count). The van der Waals surface area contributed by atoms with Crippen molar-refractivity contribution < 1.29 is 8.78 Å². The number of nitrogens with one attached hydrogen (secondary N) is 3. The monoisotopic (exact) mass is 362 g/mol. The molecule has 0 atom stereocenters. The van der Waals surface area contributed by atoms with Gasteiger partial charge in [-0.1, -0.05) is 26.2 Å². The van der Waals surface area contributed by atoms with Crippen LogP contribution in [0.25, 0.3) is 11.2 Å². The molecule has 0 spiro atoms. The van der Waals surface area contributed by atoms with E-state index in [1.54, 1.807) is 13.1 Å². The minimum absolute atomic E-state index is 0.218. The summed E-state index contributed by atoms with van der Waals surface area (Å²) in [4.78, 5) is 15.9. The second kappa shape index (κ2) is 8.25. The van der Waals surface area contributed by atoms with Crippen LogP contribution in [-0.2, 0) is 0 Å². The predicted molar refractivity (Wildman–Crippen MR) is 99.1 cm³/mol. The first-order valence-electron chi connectivity index (χ1n) is 9.05. The van der Waals surface area contributed by atoms with Gasteiger partial charge >= 0.3 is 0 Å². The number of aromatic nitrogens is 4. The molecule has 0 unspecified atom stereocenters. The molecule has 2 aromatic heterocycles. The molecular weight excluding hydrogens is 338 g/mol. The van der Waals surface area contributed by atoms with Crippen molar-refractivity contribution in [2.45, 2.75) is 58.4 Å². The molecule has 3 N–H and O–H groups in total. The summed E-state index contributed by atoms with van der Waals surface area (Å²) in [6.45, 7) is 2.97. The Kier molecular flexibility index (Phi) is 5.80. The lowest BCUT2D eigenvalue weighted by Gasteiger charge is -2.22. The number of nitrogens with zero attached hydrogens (tertiary/aromatic N) is 3. The van der Waals surface area contributed by atoms with E-state index in [-0.39, 0.29) is 11.6 Å². The van der Waals surface area contributed by atoms with Gasteiger partial charge in [-0.2, -0.15) is 9.97 Å². The summed E-state index contributed by atoms with van der Waals surface area (Å²) in [7, 11) is 0. The number of aromatic amines is 1. The molecule has 8 heteroatoms. The number of rotatable bonds is 6. The molecule has 1 aliphatic rings. The first-order valence-corrected chi connectivity index (χ1v) is 9.05. The highest BCUT2D eigenvalue weighted by Gasteiger charge is 2.16. The van der Waals surface area contributed by atoms with Crippen LogP contribution in [0.5, 0.6) is 0 Å². The van der Waals surface area contributed by atoms with Crippen molar-refractivity contribution in [2.24, 2.45) is 0 Å². The highest BCUT2D eigenvalue weighted by molar-refractivity contribution is 5.74. The van der Waals surface area contributed by atoms with Crippen LogP contribution in [0.4, 0.5) is 20.7 Å². The smallest absolute Gasteiger partial charge is 0.225 e. The van der Waals surface area contributed by atoms with E-state index >= 15 is 0 Å². The SMILES string of the molecule is CC/C=C(F)\C(Nc1nc2nc(NC3CCCCC3)ncc2[nH]1)=C(/C)F. The summed E-state index contributed by atoms with van der Waals surface area (Å²) >= 11 is 0. The van der Waals surface area contributed by atoms with Crippen LogP contribution >= 0.6 is 0 Å². The lowest BCUT2D eigenvalue weighted by atomic mass is 9.96. The maximum Gasteiger partial charge on any atom is 0.225 e. The van der Waals surface area contributed by atoms with Gasteiger partial charge in [0.05, 0.1) is 6.20 Å². The van der Waals surface area contributed by atoms with Gasteiger partial charge in [-0.05, 0) is 32.3 Å². The van der Waals surface area contributed by atoms with Crippen molar-refractivity contribution in [1.29, 1.82) is 0 Å². The van der Waals surface area contributed by atoms with Crippen molar-refractivity contribution in [3.63, 3.8) is 0 Å². The van der Waals surface area contributed by atoms with Crippen molar-refractivity contribution in [3.8, 4) is 0 Å². The predicted octanol–water partition coefficient (Wildman–Crippen LogP) is 4.97. The maximum absolute atomic E-state index is 14.0. The Hall–Kier alpha value is -2.51. The Morgan fingerprint density at radius 2 is 2.04 bits per heavy atom. The normalized spacial score (nSPS) is 17.3. The second-order valence-electron chi connectivity index (χ2n) is 6.49. The van der Waals surface area contributed by atoms with Gasteiger partial charge in [0, 0.05) is 6.04 Å². The van der Waals surface area contributed by atoms with Crippen molar-refractivity contribution in [3.05, 3.63) is 29.6 Å². The van der Waals surface area contributed by atoms with Crippen LogP contribution in [0.3, 0.4) is 0 Å². The lowest BCUT2D eigenvalue weighted by molar-refractivity contribution is 0.461. The molecule has 0 bridgehead atoms. The third-order valence-electron chi connectivity index (χ3n) is 4.39. The van der Waals surface area contributed by atoms with Gasteiger partial charge in [-0.25, -0.2) is 13.8 Å². The van der Waals surface area contributed by atoms with Gasteiger partial charge in [-0.15, -0.1) is 0 Å². The molecule has 1 saturated carbocycles. The number of allylic oxidation sites excluding steroid dienone is 3. The Bertz CT molecular complexity index is 816. The quantitative estimate of drug-likeness (QED) is 0.632. The molecule has 2 heterocycles. The fraction of sp³-hybridized carbons (Fsp3) is 0.500. The molecule has 0 amide bonds. The molecule has 0 saturated heterocycles. The number of H-pyrrole nitrogens is 1. The number of anilines is 2. The van der Waals surface area contributed by atoms with Crippen LogP contribution in [0.1, 0.15) is 52.4 Å². The highest BCUT2D eigenvalue weighted by atomic mass is 19.1. The first-order chi connectivity index (χ1) is 12.6. The number of hydrogen-bond donors (Lipinski definition) is 3. The topological polar surface area (TPSA) is 78.5 Å². The van der Waals surface area contributed by atoms with E-state index in [9.17, 15) is 8.78 Å². The van der Waals surface area contributed by atoms with Gasteiger partial charge < -0.3 is 15.6 Å². The third kappa shape index (κ3) is 4.36. The molecule has 0 radical (unpaired) electrons. The average Bonchev–Trinajstić information content (AvgIpc) is 3.02. The summed E-state index contributed by atoms with van der Waals surface area (Å²) in [6.07, 6.45) is 9.32. The van der Waals surface area contributed by atoms with E-state index in [1.165, 1.54) is 32.3 Å². The first kappa shape index (κ1) is 18.3. The van der Waals surface area contributed by atoms with E-state index in [1.807, 2.05) is 0 Å². The van der Waals surface area contributed by atoms with Crippen LogP contribution in [-0.4, -0.2) is 26.0 Å². The van der Waals surface area contributed by atoms with Crippen LogP contribution < -0.4 is 10.6 Å². The van der Waals surface area contributed by atoms with Gasteiger partial charge in [0.1, 0.15) is 22.9 Å². The average molecular weight is 362 g/mol. The summed E-state index contributed by atoms with van der Waals surface area (Å²) in [5, 5.41) is 6.00. The third-order valence-corrected chi connectivity index (χ3v) is 4.39.